The highest BCUT2D eigenvalue weighted by atomic mass is 16.2. The van der Waals surface area contributed by atoms with E-state index in [4.69, 9.17) is 0 Å². The number of carbonyl (C=O) groups is 2. The molecule has 2 atom stereocenters. The van der Waals surface area contributed by atoms with Gasteiger partial charge in [-0.2, -0.15) is 0 Å². The molecule has 152 valence electrons. The lowest BCUT2D eigenvalue weighted by atomic mass is 10.0. The van der Waals surface area contributed by atoms with Crippen LogP contribution in [-0.4, -0.2) is 42.9 Å². The second kappa shape index (κ2) is 8.78. The third kappa shape index (κ3) is 4.51. The van der Waals surface area contributed by atoms with Gasteiger partial charge in [0.05, 0.1) is 12.0 Å². The van der Waals surface area contributed by atoms with Crippen molar-refractivity contribution in [1.82, 2.24) is 10.2 Å². The molecule has 5 nitrogen and oxygen atoms in total. The molecule has 2 aliphatic heterocycles. The molecular formula is C24H29N3O2. The van der Waals surface area contributed by atoms with Gasteiger partial charge in [-0.3, -0.25) is 14.5 Å². The molecule has 0 aliphatic carbocycles. The van der Waals surface area contributed by atoms with Crippen LogP contribution in [0.1, 0.15) is 36.4 Å². The van der Waals surface area contributed by atoms with Gasteiger partial charge in [0, 0.05) is 25.2 Å². The maximum Gasteiger partial charge on any atom is 0.227 e. The van der Waals surface area contributed by atoms with Gasteiger partial charge in [0.25, 0.3) is 0 Å². The van der Waals surface area contributed by atoms with Crippen LogP contribution in [-0.2, 0) is 9.59 Å². The van der Waals surface area contributed by atoms with E-state index in [9.17, 15) is 9.59 Å². The Morgan fingerprint density at radius 1 is 1.07 bits per heavy atom. The summed E-state index contributed by atoms with van der Waals surface area (Å²) in [6, 6.07) is 18.5. The van der Waals surface area contributed by atoms with E-state index in [1.54, 1.807) is 4.90 Å². The summed E-state index contributed by atoms with van der Waals surface area (Å²) in [7, 11) is 0. The first-order chi connectivity index (χ1) is 14.1. The zero-order chi connectivity index (χ0) is 20.2. The molecule has 2 fully saturated rings. The lowest BCUT2D eigenvalue weighted by molar-refractivity contribution is -0.126. The van der Waals surface area contributed by atoms with Gasteiger partial charge < -0.3 is 10.2 Å². The highest BCUT2D eigenvalue weighted by Crippen LogP contribution is 2.27. The first-order valence-electron chi connectivity index (χ1n) is 10.6. The van der Waals surface area contributed by atoms with Gasteiger partial charge in [-0.05, 0) is 50.6 Å². The normalized spacial score (nSPS) is 20.8. The van der Waals surface area contributed by atoms with Crippen LogP contribution >= 0.6 is 0 Å². The molecule has 0 saturated carbocycles. The SMILES string of the molecule is Cc1ccc(N2CC(C(=O)NCC(c3ccccc3)N3CCCC3)CC2=O)cc1. The molecule has 4 rings (SSSR count). The minimum atomic E-state index is -0.293. The largest absolute Gasteiger partial charge is 0.354 e. The molecule has 2 aliphatic rings. The summed E-state index contributed by atoms with van der Waals surface area (Å²) in [6.07, 6.45) is 2.69. The summed E-state index contributed by atoms with van der Waals surface area (Å²) >= 11 is 0. The molecule has 5 heteroatoms. The standard InChI is InChI=1S/C24H29N3O2/c1-18-9-11-21(12-10-18)27-17-20(15-23(27)28)24(29)25-16-22(26-13-5-6-14-26)19-7-3-2-4-8-19/h2-4,7-12,20,22H,5-6,13-17H2,1H3,(H,25,29). The van der Waals surface area contributed by atoms with Crippen molar-refractivity contribution in [3.05, 3.63) is 65.7 Å². The van der Waals surface area contributed by atoms with Crippen LogP contribution < -0.4 is 10.2 Å². The number of nitrogens with one attached hydrogen (secondary N) is 1. The second-order valence-corrected chi connectivity index (χ2v) is 8.16. The van der Waals surface area contributed by atoms with Crippen LogP contribution in [0, 0.1) is 12.8 Å². The van der Waals surface area contributed by atoms with E-state index >= 15 is 0 Å². The summed E-state index contributed by atoms with van der Waals surface area (Å²) < 4.78 is 0. The number of benzene rings is 2. The van der Waals surface area contributed by atoms with Crippen molar-refractivity contribution in [2.75, 3.05) is 31.1 Å². The molecule has 29 heavy (non-hydrogen) atoms. The molecule has 2 aromatic rings. The van der Waals surface area contributed by atoms with E-state index < -0.39 is 0 Å². The van der Waals surface area contributed by atoms with Gasteiger partial charge in [0.15, 0.2) is 0 Å². The van der Waals surface area contributed by atoms with Gasteiger partial charge in [-0.15, -0.1) is 0 Å². The molecule has 2 aromatic carbocycles. The van der Waals surface area contributed by atoms with Gasteiger partial charge in [-0.1, -0.05) is 48.0 Å². The highest BCUT2D eigenvalue weighted by molar-refractivity contribution is 6.00. The maximum absolute atomic E-state index is 12.9. The molecule has 2 heterocycles. The Labute approximate surface area is 172 Å². The van der Waals surface area contributed by atoms with E-state index in [1.165, 1.54) is 18.4 Å². The monoisotopic (exact) mass is 391 g/mol. The molecule has 0 aromatic heterocycles. The number of hydrogen-bond donors (Lipinski definition) is 1. The molecule has 2 amide bonds. The lowest BCUT2D eigenvalue weighted by Crippen LogP contribution is -2.40. The lowest BCUT2D eigenvalue weighted by Gasteiger charge is -2.28. The molecule has 0 spiro atoms. The summed E-state index contributed by atoms with van der Waals surface area (Å²) in [5, 5.41) is 3.14. The van der Waals surface area contributed by atoms with E-state index in [1.807, 2.05) is 37.3 Å². The summed E-state index contributed by atoms with van der Waals surface area (Å²) in [5.41, 5.74) is 3.26. The number of aryl methyl sites for hydroxylation is 1. The van der Waals surface area contributed by atoms with Crippen LogP contribution in [0.2, 0.25) is 0 Å². The van der Waals surface area contributed by atoms with E-state index in [2.05, 4.69) is 34.5 Å². The molecule has 0 radical (unpaired) electrons. The summed E-state index contributed by atoms with van der Waals surface area (Å²) in [4.78, 5) is 29.5. The molecule has 2 unspecified atom stereocenters. The number of rotatable bonds is 6. The third-order valence-electron chi connectivity index (χ3n) is 6.08. The minimum absolute atomic E-state index is 0.0203. The Morgan fingerprint density at radius 2 is 1.76 bits per heavy atom. The minimum Gasteiger partial charge on any atom is -0.354 e. The highest BCUT2D eigenvalue weighted by Gasteiger charge is 2.35. The maximum atomic E-state index is 12.9. The van der Waals surface area contributed by atoms with Gasteiger partial charge in [0.2, 0.25) is 11.8 Å². The van der Waals surface area contributed by atoms with Crippen molar-refractivity contribution in [1.29, 1.82) is 0 Å². The topological polar surface area (TPSA) is 52.7 Å². The Hall–Kier alpha value is -2.66. The predicted octanol–water partition coefficient (Wildman–Crippen LogP) is 3.30. The van der Waals surface area contributed by atoms with Crippen LogP contribution in [0.4, 0.5) is 5.69 Å². The quantitative estimate of drug-likeness (QED) is 0.822. The molecular weight excluding hydrogens is 362 g/mol. The Balaban J connectivity index is 1.39. The summed E-state index contributed by atoms with van der Waals surface area (Å²) in [6.45, 7) is 5.19. The van der Waals surface area contributed by atoms with E-state index in [0.29, 0.717) is 13.1 Å². The number of carbonyl (C=O) groups excluding carboxylic acids is 2. The van der Waals surface area contributed by atoms with Crippen LogP contribution in [0.3, 0.4) is 0 Å². The zero-order valence-corrected chi connectivity index (χ0v) is 17.0. The average Bonchev–Trinajstić information content (AvgIpc) is 3.40. The number of anilines is 1. The van der Waals surface area contributed by atoms with Crippen molar-refractivity contribution < 1.29 is 9.59 Å². The fraction of sp³-hybridized carbons (Fsp3) is 0.417. The fourth-order valence-corrected chi connectivity index (χ4v) is 4.39. The van der Waals surface area contributed by atoms with Crippen molar-refractivity contribution >= 4 is 17.5 Å². The third-order valence-corrected chi connectivity index (χ3v) is 6.08. The Morgan fingerprint density at radius 3 is 2.45 bits per heavy atom. The van der Waals surface area contributed by atoms with Crippen molar-refractivity contribution in [2.24, 2.45) is 5.92 Å². The van der Waals surface area contributed by atoms with Crippen LogP contribution in [0.5, 0.6) is 0 Å². The number of amides is 2. The summed E-state index contributed by atoms with van der Waals surface area (Å²) in [5.74, 6) is -0.292. The van der Waals surface area contributed by atoms with Crippen LogP contribution in [0.25, 0.3) is 0 Å². The van der Waals surface area contributed by atoms with Gasteiger partial charge in [-0.25, -0.2) is 0 Å². The van der Waals surface area contributed by atoms with Crippen molar-refractivity contribution in [2.45, 2.75) is 32.2 Å². The fourth-order valence-electron chi connectivity index (χ4n) is 4.39. The first kappa shape index (κ1) is 19.6. The molecule has 1 N–H and O–H groups in total. The van der Waals surface area contributed by atoms with E-state index in [0.717, 1.165) is 24.3 Å². The van der Waals surface area contributed by atoms with Gasteiger partial charge >= 0.3 is 0 Å². The molecule has 0 bridgehead atoms. The molecule has 2 saturated heterocycles. The van der Waals surface area contributed by atoms with Crippen molar-refractivity contribution in [3.63, 3.8) is 0 Å². The second-order valence-electron chi connectivity index (χ2n) is 8.16. The predicted molar refractivity (Wildman–Crippen MR) is 115 cm³/mol. The van der Waals surface area contributed by atoms with Crippen molar-refractivity contribution in [3.8, 4) is 0 Å². The number of hydrogen-bond acceptors (Lipinski definition) is 3. The Kier molecular flexibility index (Phi) is 5.95. The average molecular weight is 392 g/mol. The Bertz CT molecular complexity index is 844. The first-order valence-corrected chi connectivity index (χ1v) is 10.6. The van der Waals surface area contributed by atoms with Gasteiger partial charge in [0.1, 0.15) is 0 Å². The smallest absolute Gasteiger partial charge is 0.227 e. The number of likely N-dealkylation sites (tertiary alicyclic amines) is 1. The number of nitrogens with zero attached hydrogens (tertiary/aromatic N) is 2. The van der Waals surface area contributed by atoms with E-state index in [-0.39, 0.29) is 30.2 Å². The zero-order valence-electron chi connectivity index (χ0n) is 17.0. The van der Waals surface area contributed by atoms with Crippen LogP contribution in [0.15, 0.2) is 54.6 Å².